The molecule has 3 aromatic rings. The van der Waals surface area contributed by atoms with Gasteiger partial charge in [0.25, 0.3) is 0 Å². The summed E-state index contributed by atoms with van der Waals surface area (Å²) < 4.78 is 52.7. The van der Waals surface area contributed by atoms with Gasteiger partial charge in [0.15, 0.2) is 0 Å². The minimum absolute atomic E-state index is 0.0326. The van der Waals surface area contributed by atoms with Gasteiger partial charge in [0, 0.05) is 24.2 Å². The van der Waals surface area contributed by atoms with Crippen LogP contribution in [0.2, 0.25) is 0 Å². The minimum atomic E-state index is -4.41. The van der Waals surface area contributed by atoms with Gasteiger partial charge in [-0.2, -0.15) is 18.2 Å². The Labute approximate surface area is 172 Å². The van der Waals surface area contributed by atoms with Gasteiger partial charge in [-0.15, -0.1) is 11.3 Å². The van der Waals surface area contributed by atoms with Gasteiger partial charge in [-0.3, -0.25) is 9.55 Å². The Morgan fingerprint density at radius 1 is 1.17 bits per heavy atom. The third-order valence-corrected chi connectivity index (χ3v) is 5.68. The molecule has 0 aromatic carbocycles. The Balaban J connectivity index is 1.46. The highest BCUT2D eigenvalue weighted by Gasteiger charge is 2.32. The van der Waals surface area contributed by atoms with Crippen LogP contribution in [0.4, 0.5) is 23.5 Å². The molecule has 1 aliphatic rings. The van der Waals surface area contributed by atoms with Crippen LogP contribution in [-0.2, 0) is 12.7 Å². The van der Waals surface area contributed by atoms with Gasteiger partial charge in [-0.25, -0.2) is 14.2 Å². The highest BCUT2D eigenvalue weighted by Crippen LogP contribution is 2.34. The topological polar surface area (TPSA) is 63.9 Å². The molecule has 0 spiro atoms. The van der Waals surface area contributed by atoms with E-state index in [4.69, 9.17) is 0 Å². The summed E-state index contributed by atoms with van der Waals surface area (Å²) in [7, 11) is 0. The SMILES string of the molecule is O=c1nc(N2CC=C(c3cc(F)ccn3)CC2)ncn1Cc1ccc(C(F)(F)F)s1. The molecule has 0 fully saturated rings. The van der Waals surface area contributed by atoms with Crippen molar-refractivity contribution in [3.63, 3.8) is 0 Å². The number of rotatable bonds is 4. The van der Waals surface area contributed by atoms with Crippen molar-refractivity contribution in [2.75, 3.05) is 18.0 Å². The summed E-state index contributed by atoms with van der Waals surface area (Å²) in [4.78, 5) is 26.1. The van der Waals surface area contributed by atoms with Gasteiger partial charge < -0.3 is 4.90 Å². The molecule has 0 atom stereocenters. The summed E-state index contributed by atoms with van der Waals surface area (Å²) in [5, 5.41) is 0. The molecule has 30 heavy (non-hydrogen) atoms. The second-order valence-electron chi connectivity index (χ2n) is 6.62. The monoisotopic (exact) mass is 437 g/mol. The van der Waals surface area contributed by atoms with Crippen LogP contribution in [0.5, 0.6) is 0 Å². The van der Waals surface area contributed by atoms with Crippen LogP contribution in [0.3, 0.4) is 0 Å². The molecule has 0 unspecified atom stereocenters. The number of anilines is 1. The van der Waals surface area contributed by atoms with Gasteiger partial charge in [-0.05, 0) is 36.3 Å². The molecule has 1 aliphatic heterocycles. The zero-order valence-electron chi connectivity index (χ0n) is 15.4. The molecular formula is C19H15F4N5OS. The van der Waals surface area contributed by atoms with Crippen LogP contribution >= 0.6 is 11.3 Å². The predicted octanol–water partition coefficient (Wildman–Crippen LogP) is 3.59. The van der Waals surface area contributed by atoms with Gasteiger partial charge in [-0.1, -0.05) is 6.08 Å². The second kappa shape index (κ2) is 7.98. The number of nitrogens with zero attached hydrogens (tertiary/aromatic N) is 5. The van der Waals surface area contributed by atoms with Crippen LogP contribution in [0.25, 0.3) is 5.57 Å². The third kappa shape index (κ3) is 4.40. The highest BCUT2D eigenvalue weighted by molar-refractivity contribution is 7.12. The van der Waals surface area contributed by atoms with Crippen LogP contribution < -0.4 is 10.6 Å². The highest BCUT2D eigenvalue weighted by atomic mass is 32.1. The van der Waals surface area contributed by atoms with Gasteiger partial charge in [0.2, 0.25) is 5.95 Å². The molecule has 0 saturated heterocycles. The van der Waals surface area contributed by atoms with Crippen molar-refractivity contribution in [1.82, 2.24) is 19.5 Å². The van der Waals surface area contributed by atoms with Crippen molar-refractivity contribution >= 4 is 22.9 Å². The standard InChI is InChI=1S/C19H15F4N5OS/c20-13-3-6-24-15(9-13)12-4-7-27(8-5-12)17-25-11-28(18(29)26-17)10-14-1-2-16(30-14)19(21,22)23/h1-4,6,9,11H,5,7-8,10H2. The number of alkyl halides is 3. The predicted molar refractivity (Wildman–Crippen MR) is 104 cm³/mol. The second-order valence-corrected chi connectivity index (χ2v) is 7.78. The molecule has 156 valence electrons. The summed E-state index contributed by atoms with van der Waals surface area (Å²) in [6, 6.07) is 4.98. The Kier molecular flexibility index (Phi) is 5.37. The Morgan fingerprint density at radius 2 is 2.00 bits per heavy atom. The number of hydrogen-bond donors (Lipinski definition) is 0. The zero-order chi connectivity index (χ0) is 21.3. The van der Waals surface area contributed by atoms with E-state index in [9.17, 15) is 22.4 Å². The van der Waals surface area contributed by atoms with Gasteiger partial charge >= 0.3 is 11.9 Å². The summed E-state index contributed by atoms with van der Waals surface area (Å²) in [6.07, 6.45) is 0.746. The van der Waals surface area contributed by atoms with Crippen molar-refractivity contribution in [3.8, 4) is 0 Å². The van der Waals surface area contributed by atoms with E-state index in [0.717, 1.165) is 16.2 Å². The van der Waals surface area contributed by atoms with Gasteiger partial charge in [0.05, 0.1) is 12.2 Å². The fourth-order valence-corrected chi connectivity index (χ4v) is 3.93. The van der Waals surface area contributed by atoms with Crippen LogP contribution in [0.15, 0.2) is 47.7 Å². The Morgan fingerprint density at radius 3 is 2.63 bits per heavy atom. The minimum Gasteiger partial charge on any atom is -0.337 e. The fourth-order valence-electron chi connectivity index (χ4n) is 3.06. The molecule has 4 rings (SSSR count). The van der Waals surface area contributed by atoms with E-state index >= 15 is 0 Å². The Hall–Kier alpha value is -3.08. The summed E-state index contributed by atoms with van der Waals surface area (Å²) in [5.74, 6) is -0.121. The van der Waals surface area contributed by atoms with E-state index in [1.165, 1.54) is 30.7 Å². The normalized spacial score (nSPS) is 14.7. The van der Waals surface area contributed by atoms with Crippen molar-refractivity contribution in [2.24, 2.45) is 0 Å². The van der Waals surface area contributed by atoms with E-state index in [2.05, 4.69) is 15.0 Å². The molecule has 0 bridgehead atoms. The molecular weight excluding hydrogens is 422 g/mol. The quantitative estimate of drug-likeness (QED) is 0.584. The lowest BCUT2D eigenvalue weighted by atomic mass is 10.0. The number of thiophene rings is 1. The first-order chi connectivity index (χ1) is 14.3. The van der Waals surface area contributed by atoms with E-state index in [0.29, 0.717) is 41.4 Å². The van der Waals surface area contributed by atoms with E-state index in [1.54, 1.807) is 4.90 Å². The fraction of sp³-hybridized carbons (Fsp3) is 0.263. The van der Waals surface area contributed by atoms with E-state index in [1.807, 2.05) is 6.08 Å². The average Bonchev–Trinajstić information content (AvgIpc) is 3.19. The zero-order valence-corrected chi connectivity index (χ0v) is 16.3. The first kappa shape index (κ1) is 20.2. The maximum atomic E-state index is 13.4. The van der Waals surface area contributed by atoms with Crippen molar-refractivity contribution in [3.05, 3.63) is 74.6 Å². The Bertz CT molecular complexity index is 1150. The molecule has 0 radical (unpaired) electrons. The van der Waals surface area contributed by atoms with Gasteiger partial charge in [0.1, 0.15) is 17.0 Å². The number of pyridine rings is 1. The molecule has 0 N–H and O–H groups in total. The van der Waals surface area contributed by atoms with Crippen LogP contribution in [0.1, 0.15) is 21.9 Å². The number of aromatic nitrogens is 4. The van der Waals surface area contributed by atoms with Crippen LogP contribution in [-0.4, -0.2) is 32.6 Å². The summed E-state index contributed by atoms with van der Waals surface area (Å²) in [5.41, 5.74) is 0.876. The van der Waals surface area contributed by atoms with Crippen molar-refractivity contribution < 1.29 is 17.6 Å². The van der Waals surface area contributed by atoms with Crippen molar-refractivity contribution in [2.45, 2.75) is 19.1 Å². The molecule has 3 aromatic heterocycles. The molecule has 0 saturated carbocycles. The summed E-state index contributed by atoms with van der Waals surface area (Å²) in [6.45, 7) is 0.916. The third-order valence-electron chi connectivity index (χ3n) is 4.56. The number of hydrogen-bond acceptors (Lipinski definition) is 6. The van der Waals surface area contributed by atoms with E-state index < -0.39 is 16.7 Å². The largest absolute Gasteiger partial charge is 0.425 e. The smallest absolute Gasteiger partial charge is 0.337 e. The maximum Gasteiger partial charge on any atom is 0.425 e. The maximum absolute atomic E-state index is 13.4. The average molecular weight is 437 g/mol. The number of halogens is 4. The molecule has 11 heteroatoms. The lowest BCUT2D eigenvalue weighted by Gasteiger charge is -2.26. The van der Waals surface area contributed by atoms with Crippen LogP contribution in [0, 0.1) is 5.82 Å². The molecule has 0 aliphatic carbocycles. The molecule has 0 amide bonds. The molecule has 6 nitrogen and oxygen atoms in total. The first-order valence-electron chi connectivity index (χ1n) is 8.95. The van der Waals surface area contributed by atoms with Crippen molar-refractivity contribution in [1.29, 1.82) is 0 Å². The van der Waals surface area contributed by atoms with E-state index in [-0.39, 0.29) is 18.3 Å². The molecule has 4 heterocycles. The lowest BCUT2D eigenvalue weighted by molar-refractivity contribution is -0.134. The summed E-state index contributed by atoms with van der Waals surface area (Å²) >= 11 is 0.584. The first-order valence-corrected chi connectivity index (χ1v) is 9.76. The lowest BCUT2D eigenvalue weighted by Crippen LogP contribution is -2.34.